The van der Waals surface area contributed by atoms with E-state index in [1.807, 2.05) is 0 Å². The number of non-ortho nitro benzene ring substituents is 1. The van der Waals surface area contributed by atoms with Gasteiger partial charge in [0, 0.05) is 29.2 Å². The van der Waals surface area contributed by atoms with Gasteiger partial charge in [-0.3, -0.25) is 24.4 Å². The lowest BCUT2D eigenvalue weighted by Gasteiger charge is -2.14. The zero-order chi connectivity index (χ0) is 29.6. The number of carboxylic acids is 1. The van der Waals surface area contributed by atoms with Crippen molar-refractivity contribution in [3.63, 3.8) is 0 Å². The second-order valence-corrected chi connectivity index (χ2v) is 9.34. The van der Waals surface area contributed by atoms with Crippen molar-refractivity contribution in [2.24, 2.45) is 0 Å². The Morgan fingerprint density at radius 3 is 2.02 bits per heavy atom. The average Bonchev–Trinajstić information content (AvgIpc) is 2.94. The van der Waals surface area contributed by atoms with Crippen LogP contribution in [0.25, 0.3) is 17.2 Å². The van der Waals surface area contributed by atoms with E-state index in [1.54, 1.807) is 24.3 Å². The molecule has 0 saturated heterocycles. The Balaban J connectivity index is 2.07. The Kier molecular flexibility index (Phi) is 9.40. The minimum Gasteiger partial charge on any atom is -0.496 e. The number of rotatable bonds is 12. The van der Waals surface area contributed by atoms with Crippen molar-refractivity contribution in [1.82, 2.24) is 0 Å². The molecule has 0 aliphatic carbocycles. The highest BCUT2D eigenvalue weighted by Crippen LogP contribution is 2.42. The van der Waals surface area contributed by atoms with Crippen molar-refractivity contribution in [2.45, 2.75) is 5.75 Å². The fourth-order valence-corrected chi connectivity index (χ4v) is 4.80. The first-order chi connectivity index (χ1) is 19.0. The molecule has 0 heterocycles. The minimum absolute atomic E-state index is 0.00142. The van der Waals surface area contributed by atoms with Crippen molar-refractivity contribution in [3.8, 4) is 34.1 Å². The van der Waals surface area contributed by atoms with Crippen LogP contribution < -0.4 is 18.9 Å². The number of benzene rings is 3. The lowest BCUT2D eigenvalue weighted by molar-refractivity contribution is -0.393. The van der Waals surface area contributed by atoms with E-state index in [2.05, 4.69) is 0 Å². The van der Waals surface area contributed by atoms with Gasteiger partial charge >= 0.3 is 5.97 Å². The van der Waals surface area contributed by atoms with Crippen LogP contribution in [0.3, 0.4) is 0 Å². The predicted molar refractivity (Wildman–Crippen MR) is 146 cm³/mol. The first-order valence-corrected chi connectivity index (χ1v) is 12.7. The molecule has 0 aromatic heterocycles. The maximum atomic E-state index is 13.0. The number of nitrogens with zero attached hydrogens (tertiary/aromatic N) is 2. The smallest absolute Gasteiger partial charge is 0.336 e. The normalized spacial score (nSPS) is 11.6. The standard InChI is InChI=1S/C26H24N2O11S/c1-36-17-12-23(38-3)18(24(13-17)39-4)7-8-40(35)14-15-5-6-22(37-2)19(9-15)25-20(26(29)30)10-16(27(31)32)11-21(25)28(33)34/h5-13H,14H2,1-4H3,(H,29,30)/b8-7+. The number of aromatic carboxylic acids is 1. The van der Waals surface area contributed by atoms with Crippen LogP contribution in [-0.2, 0) is 16.6 Å². The Labute approximate surface area is 230 Å². The molecule has 13 nitrogen and oxygen atoms in total. The van der Waals surface area contributed by atoms with E-state index in [-0.39, 0.29) is 22.6 Å². The monoisotopic (exact) mass is 572 g/mol. The number of carboxylic acid groups (broad SMARTS) is 1. The molecular formula is C26H24N2O11S. The molecule has 0 fully saturated rings. The summed E-state index contributed by atoms with van der Waals surface area (Å²) in [6.07, 6.45) is 1.56. The van der Waals surface area contributed by atoms with E-state index in [1.165, 1.54) is 46.0 Å². The molecule has 0 aliphatic rings. The summed E-state index contributed by atoms with van der Waals surface area (Å²) in [6, 6.07) is 9.12. The van der Waals surface area contributed by atoms with Gasteiger partial charge in [0.05, 0.1) is 77.6 Å². The maximum absolute atomic E-state index is 13.0. The molecule has 0 radical (unpaired) electrons. The summed E-state index contributed by atoms with van der Waals surface area (Å²) >= 11 is 0. The van der Waals surface area contributed by atoms with Crippen LogP contribution in [0.1, 0.15) is 21.5 Å². The van der Waals surface area contributed by atoms with Crippen molar-refractivity contribution in [1.29, 1.82) is 0 Å². The summed E-state index contributed by atoms with van der Waals surface area (Å²) in [6.45, 7) is 0. The van der Waals surface area contributed by atoms with Gasteiger partial charge in [0.2, 0.25) is 0 Å². The highest BCUT2D eigenvalue weighted by molar-refractivity contribution is 7.87. The molecule has 3 aromatic carbocycles. The number of ether oxygens (including phenoxy) is 4. The summed E-state index contributed by atoms with van der Waals surface area (Å²) < 4.78 is 34.3. The third-order valence-corrected chi connectivity index (χ3v) is 6.78. The molecule has 1 atom stereocenters. The van der Waals surface area contributed by atoms with Gasteiger partial charge in [-0.2, -0.15) is 0 Å². The van der Waals surface area contributed by atoms with E-state index in [4.69, 9.17) is 18.9 Å². The Hall–Kier alpha value is -4.98. The van der Waals surface area contributed by atoms with Gasteiger partial charge < -0.3 is 24.1 Å². The van der Waals surface area contributed by atoms with E-state index in [0.717, 1.165) is 6.07 Å². The van der Waals surface area contributed by atoms with Crippen LogP contribution in [0, 0.1) is 20.2 Å². The third-order valence-electron chi connectivity index (χ3n) is 5.72. The summed E-state index contributed by atoms with van der Waals surface area (Å²) in [5.74, 6) is -0.248. The Morgan fingerprint density at radius 2 is 1.52 bits per heavy atom. The van der Waals surface area contributed by atoms with Crippen LogP contribution in [0.5, 0.6) is 23.0 Å². The number of nitro groups is 2. The highest BCUT2D eigenvalue weighted by Gasteiger charge is 2.30. The fraction of sp³-hybridized carbons (Fsp3) is 0.192. The largest absolute Gasteiger partial charge is 0.496 e. The zero-order valence-electron chi connectivity index (χ0n) is 21.7. The molecule has 14 heteroatoms. The van der Waals surface area contributed by atoms with Crippen molar-refractivity contribution >= 4 is 34.2 Å². The van der Waals surface area contributed by atoms with Crippen LogP contribution >= 0.6 is 0 Å². The molecule has 210 valence electrons. The van der Waals surface area contributed by atoms with Gasteiger partial charge in [0.15, 0.2) is 0 Å². The number of hydrogen-bond acceptors (Lipinski definition) is 10. The van der Waals surface area contributed by atoms with Crippen molar-refractivity contribution < 1.29 is 42.9 Å². The number of hydrogen-bond donors (Lipinski definition) is 1. The molecule has 3 aromatic rings. The molecule has 0 saturated carbocycles. The van der Waals surface area contributed by atoms with Gasteiger partial charge in [-0.05, 0) is 23.8 Å². The molecule has 3 rings (SSSR count). The summed E-state index contributed by atoms with van der Waals surface area (Å²) in [5, 5.41) is 34.3. The first-order valence-electron chi connectivity index (χ1n) is 11.3. The van der Waals surface area contributed by atoms with Gasteiger partial charge in [-0.15, -0.1) is 0 Å². The van der Waals surface area contributed by atoms with Crippen molar-refractivity contribution in [2.75, 3.05) is 28.4 Å². The van der Waals surface area contributed by atoms with Gasteiger partial charge in [0.1, 0.15) is 23.0 Å². The average molecular weight is 573 g/mol. The Bertz CT molecular complexity index is 1480. The molecule has 0 spiro atoms. The topological polar surface area (TPSA) is 178 Å². The lowest BCUT2D eigenvalue weighted by Crippen LogP contribution is -2.06. The highest BCUT2D eigenvalue weighted by atomic mass is 32.2. The van der Waals surface area contributed by atoms with E-state index < -0.39 is 43.6 Å². The fourth-order valence-electron chi connectivity index (χ4n) is 3.91. The van der Waals surface area contributed by atoms with Crippen LogP contribution in [0.15, 0.2) is 47.9 Å². The molecule has 40 heavy (non-hydrogen) atoms. The van der Waals surface area contributed by atoms with E-state index in [9.17, 15) is 34.3 Å². The second kappa shape index (κ2) is 12.7. The molecule has 1 unspecified atom stereocenters. The van der Waals surface area contributed by atoms with E-state index >= 15 is 0 Å². The lowest BCUT2D eigenvalue weighted by atomic mass is 9.95. The predicted octanol–water partition coefficient (Wildman–Crippen LogP) is 4.82. The third kappa shape index (κ3) is 6.35. The van der Waals surface area contributed by atoms with Crippen LogP contribution in [0.4, 0.5) is 11.4 Å². The maximum Gasteiger partial charge on any atom is 0.336 e. The summed E-state index contributed by atoms with van der Waals surface area (Å²) in [7, 11) is 4.09. The molecule has 1 N–H and O–H groups in total. The molecule has 0 aliphatic heterocycles. The first kappa shape index (κ1) is 29.6. The minimum atomic E-state index is -1.61. The number of methoxy groups -OCH3 is 4. The van der Waals surface area contributed by atoms with Gasteiger partial charge in [0.25, 0.3) is 11.4 Å². The van der Waals surface area contributed by atoms with Crippen LogP contribution in [0.2, 0.25) is 0 Å². The summed E-state index contributed by atoms with van der Waals surface area (Å²) in [5.41, 5.74) is -1.63. The number of nitro benzene ring substituents is 2. The zero-order valence-corrected chi connectivity index (χ0v) is 22.6. The van der Waals surface area contributed by atoms with Gasteiger partial charge in [-0.1, -0.05) is 6.07 Å². The van der Waals surface area contributed by atoms with E-state index in [0.29, 0.717) is 34.4 Å². The van der Waals surface area contributed by atoms with Gasteiger partial charge in [-0.25, -0.2) is 4.79 Å². The summed E-state index contributed by atoms with van der Waals surface area (Å²) in [4.78, 5) is 33.3. The quantitative estimate of drug-likeness (QED) is 0.232. The molecule has 0 amide bonds. The van der Waals surface area contributed by atoms with Crippen LogP contribution in [-0.4, -0.2) is 53.6 Å². The SMILES string of the molecule is COc1cc(OC)c(/C=C/S(=O)Cc2ccc(OC)c(-c3c(C(=O)O)cc([N+](=O)[O-])cc3[N+](=O)[O-])c2)c(OC)c1. The van der Waals surface area contributed by atoms with Crippen molar-refractivity contribution in [3.05, 3.63) is 84.8 Å². The molecular weight excluding hydrogens is 548 g/mol. The molecule has 0 bridgehead atoms. The number of carbonyl (C=O) groups is 1. The second-order valence-electron chi connectivity index (χ2n) is 8.01. The Morgan fingerprint density at radius 1 is 0.900 bits per heavy atom.